The van der Waals surface area contributed by atoms with Crippen molar-refractivity contribution in [1.82, 2.24) is 4.90 Å². The highest BCUT2D eigenvalue weighted by molar-refractivity contribution is 6.24. The van der Waals surface area contributed by atoms with Crippen molar-refractivity contribution >= 4 is 23.5 Å². The van der Waals surface area contributed by atoms with Crippen LogP contribution in [-0.4, -0.2) is 36.5 Å². The van der Waals surface area contributed by atoms with Crippen LogP contribution in [0.1, 0.15) is 45.7 Å². The Kier molecular flexibility index (Phi) is 5.88. The first-order valence-electron chi connectivity index (χ1n) is 9.17. The summed E-state index contributed by atoms with van der Waals surface area (Å²) in [4.78, 5) is 38.6. The first-order chi connectivity index (χ1) is 14.4. The molecule has 0 aliphatic carbocycles. The van der Waals surface area contributed by atoms with E-state index in [2.05, 4.69) is 5.32 Å². The molecule has 0 saturated heterocycles. The molecule has 2 aromatic rings. The number of hydrogen-bond donors (Lipinski definition) is 2. The van der Waals surface area contributed by atoms with Crippen molar-refractivity contribution in [1.29, 1.82) is 5.26 Å². The molecule has 0 radical (unpaired) electrons. The highest BCUT2D eigenvalue weighted by atomic mass is 16.5. The highest BCUT2D eigenvalue weighted by Crippen LogP contribution is 2.39. The number of rotatable bonds is 7. The van der Waals surface area contributed by atoms with Crippen molar-refractivity contribution in [2.24, 2.45) is 5.73 Å². The number of nitrogens with one attached hydrogen (secondary N) is 1. The van der Waals surface area contributed by atoms with Gasteiger partial charge in [-0.05, 0) is 36.8 Å². The number of nitrogens with two attached hydrogens (primary N) is 1. The van der Waals surface area contributed by atoms with Crippen LogP contribution in [0.25, 0.3) is 0 Å². The number of anilines is 1. The normalized spacial score (nSPS) is 13.4. The molecule has 0 spiro atoms. The fourth-order valence-corrected chi connectivity index (χ4v) is 3.44. The number of methoxy groups -OCH3 is 1. The second-order valence-electron chi connectivity index (χ2n) is 6.42. The van der Waals surface area contributed by atoms with Gasteiger partial charge in [0.2, 0.25) is 0 Å². The first kappa shape index (κ1) is 20.7. The quantitative estimate of drug-likeness (QED) is 0.677. The molecule has 1 heterocycles. The zero-order valence-corrected chi connectivity index (χ0v) is 16.5. The molecule has 30 heavy (non-hydrogen) atoms. The van der Waals surface area contributed by atoms with E-state index in [0.717, 1.165) is 4.90 Å². The SMILES string of the molecule is CCOc1cc(C(CC#N)N2C(=O)c3cccc(NC(N)=O)c3C2=O)ccc1OC. The summed E-state index contributed by atoms with van der Waals surface area (Å²) in [6.45, 7) is 2.20. The fraction of sp³-hybridized carbons (Fsp3) is 0.238. The monoisotopic (exact) mass is 408 g/mol. The van der Waals surface area contributed by atoms with E-state index < -0.39 is 23.9 Å². The lowest BCUT2D eigenvalue weighted by molar-refractivity contribution is 0.0584. The number of nitrogens with zero attached hydrogens (tertiary/aromatic N) is 2. The van der Waals surface area contributed by atoms with Crippen molar-refractivity contribution in [3.63, 3.8) is 0 Å². The summed E-state index contributed by atoms with van der Waals surface area (Å²) in [7, 11) is 1.50. The fourth-order valence-electron chi connectivity index (χ4n) is 3.44. The molecule has 2 aromatic carbocycles. The molecule has 9 heteroatoms. The molecule has 154 valence electrons. The van der Waals surface area contributed by atoms with E-state index in [4.69, 9.17) is 15.2 Å². The Balaban J connectivity index is 2.07. The van der Waals surface area contributed by atoms with Gasteiger partial charge in [-0.1, -0.05) is 12.1 Å². The zero-order chi connectivity index (χ0) is 21.8. The molecule has 0 saturated carbocycles. The van der Waals surface area contributed by atoms with Gasteiger partial charge in [-0.15, -0.1) is 0 Å². The van der Waals surface area contributed by atoms with Crippen molar-refractivity contribution in [3.05, 3.63) is 53.1 Å². The topological polar surface area (TPSA) is 135 Å². The van der Waals surface area contributed by atoms with Crippen LogP contribution in [0.2, 0.25) is 0 Å². The molecule has 3 rings (SSSR count). The molecule has 1 unspecified atom stereocenters. The number of fused-ring (bicyclic) bond motifs is 1. The van der Waals surface area contributed by atoms with E-state index in [1.165, 1.54) is 19.2 Å². The van der Waals surface area contributed by atoms with Gasteiger partial charge in [0.15, 0.2) is 11.5 Å². The predicted octanol–water partition coefficient (Wildman–Crippen LogP) is 2.84. The molecule has 0 fully saturated rings. The van der Waals surface area contributed by atoms with Crippen LogP contribution in [-0.2, 0) is 0 Å². The van der Waals surface area contributed by atoms with E-state index >= 15 is 0 Å². The van der Waals surface area contributed by atoms with E-state index in [0.29, 0.717) is 23.7 Å². The lowest BCUT2D eigenvalue weighted by Crippen LogP contribution is -2.34. The van der Waals surface area contributed by atoms with E-state index in [9.17, 15) is 19.6 Å². The van der Waals surface area contributed by atoms with Crippen LogP contribution in [0.3, 0.4) is 0 Å². The third-order valence-electron chi connectivity index (χ3n) is 4.67. The molecule has 0 aromatic heterocycles. The third-order valence-corrected chi connectivity index (χ3v) is 4.67. The van der Waals surface area contributed by atoms with Gasteiger partial charge in [-0.25, -0.2) is 4.79 Å². The average Bonchev–Trinajstić information content (AvgIpc) is 2.97. The van der Waals surface area contributed by atoms with Crippen molar-refractivity contribution in [2.75, 3.05) is 19.0 Å². The Hall–Kier alpha value is -4.06. The standard InChI is InChI=1S/C21H20N4O5/c1-3-30-17-11-12(7-8-16(17)29-2)15(9-10-22)25-19(26)13-5-4-6-14(24-21(23)28)18(13)20(25)27/h4-8,11,15H,3,9H2,1-2H3,(H3,23,24,28). The average molecular weight is 408 g/mol. The van der Waals surface area contributed by atoms with Crippen LogP contribution in [0, 0.1) is 11.3 Å². The summed E-state index contributed by atoms with van der Waals surface area (Å²) in [6.07, 6.45) is -0.123. The molecule has 1 aliphatic rings. The summed E-state index contributed by atoms with van der Waals surface area (Å²) >= 11 is 0. The smallest absolute Gasteiger partial charge is 0.316 e. The second kappa shape index (κ2) is 8.53. The number of urea groups is 1. The van der Waals surface area contributed by atoms with Crippen LogP contribution in [0.15, 0.2) is 36.4 Å². The zero-order valence-electron chi connectivity index (χ0n) is 16.5. The van der Waals surface area contributed by atoms with Gasteiger partial charge in [0, 0.05) is 0 Å². The number of benzene rings is 2. The Morgan fingerprint density at radius 3 is 2.63 bits per heavy atom. The van der Waals surface area contributed by atoms with Crippen LogP contribution >= 0.6 is 0 Å². The van der Waals surface area contributed by atoms with E-state index in [1.54, 1.807) is 24.3 Å². The Morgan fingerprint density at radius 1 is 1.23 bits per heavy atom. The Bertz CT molecular complexity index is 1060. The second-order valence-corrected chi connectivity index (χ2v) is 6.42. The Labute approximate surface area is 173 Å². The minimum Gasteiger partial charge on any atom is -0.493 e. The van der Waals surface area contributed by atoms with Gasteiger partial charge in [0.25, 0.3) is 11.8 Å². The summed E-state index contributed by atoms with van der Waals surface area (Å²) in [6, 6.07) is 9.82. The number of hydrogen-bond acceptors (Lipinski definition) is 6. The Morgan fingerprint density at radius 2 is 2.00 bits per heavy atom. The molecular formula is C21H20N4O5. The molecule has 9 nitrogen and oxygen atoms in total. The highest BCUT2D eigenvalue weighted by Gasteiger charge is 2.42. The van der Waals surface area contributed by atoms with Gasteiger partial charge in [0.1, 0.15) is 0 Å². The summed E-state index contributed by atoms with van der Waals surface area (Å²) < 4.78 is 10.9. The molecular weight excluding hydrogens is 388 g/mol. The molecule has 1 atom stereocenters. The number of primary amides is 1. The maximum atomic E-state index is 13.2. The number of nitriles is 1. The lowest BCUT2D eigenvalue weighted by Gasteiger charge is -2.25. The number of carbonyl (C=O) groups excluding carboxylic acids is 3. The van der Waals surface area contributed by atoms with Crippen molar-refractivity contribution < 1.29 is 23.9 Å². The summed E-state index contributed by atoms with van der Waals surface area (Å²) in [5, 5.41) is 11.7. The van der Waals surface area contributed by atoms with Crippen molar-refractivity contribution in [3.8, 4) is 17.6 Å². The predicted molar refractivity (Wildman–Crippen MR) is 107 cm³/mol. The van der Waals surface area contributed by atoms with Gasteiger partial charge in [-0.2, -0.15) is 5.26 Å². The van der Waals surface area contributed by atoms with Crippen LogP contribution in [0.5, 0.6) is 11.5 Å². The van der Waals surface area contributed by atoms with Crippen LogP contribution in [0.4, 0.5) is 10.5 Å². The minimum atomic E-state index is -0.854. The summed E-state index contributed by atoms with van der Waals surface area (Å²) in [5.74, 6) is -0.245. The minimum absolute atomic E-state index is 0.0442. The third kappa shape index (κ3) is 3.63. The van der Waals surface area contributed by atoms with Gasteiger partial charge >= 0.3 is 6.03 Å². The molecule has 4 amide bonds. The largest absolute Gasteiger partial charge is 0.493 e. The van der Waals surface area contributed by atoms with Gasteiger partial charge in [0.05, 0.1) is 49.1 Å². The summed E-state index contributed by atoms with van der Waals surface area (Å²) in [5.41, 5.74) is 6.03. The number of amides is 4. The molecule has 1 aliphatic heterocycles. The van der Waals surface area contributed by atoms with E-state index in [-0.39, 0.29) is 23.2 Å². The van der Waals surface area contributed by atoms with Gasteiger partial charge < -0.3 is 20.5 Å². The molecule has 0 bridgehead atoms. The van der Waals surface area contributed by atoms with Crippen molar-refractivity contribution in [2.45, 2.75) is 19.4 Å². The number of imide groups is 1. The van der Waals surface area contributed by atoms with E-state index in [1.807, 2.05) is 13.0 Å². The first-order valence-corrected chi connectivity index (χ1v) is 9.17. The maximum absolute atomic E-state index is 13.2. The van der Waals surface area contributed by atoms with Crippen LogP contribution < -0.4 is 20.5 Å². The number of carbonyl (C=O) groups is 3. The maximum Gasteiger partial charge on any atom is 0.316 e. The number of ether oxygens (including phenoxy) is 2. The lowest BCUT2D eigenvalue weighted by atomic mass is 10.0. The molecule has 3 N–H and O–H groups in total. The van der Waals surface area contributed by atoms with Gasteiger partial charge in [-0.3, -0.25) is 14.5 Å².